The second-order valence-corrected chi connectivity index (χ2v) is 13.8. The summed E-state index contributed by atoms with van der Waals surface area (Å²) in [5, 5.41) is 19.7. The van der Waals surface area contributed by atoms with Crippen LogP contribution in [-0.4, -0.2) is 59.6 Å². The molecule has 20 heteroatoms. The lowest BCUT2D eigenvalue weighted by Crippen LogP contribution is -2.31. The fourth-order valence-corrected chi connectivity index (χ4v) is 6.20. The SMILES string of the molecule is CCC(Nc1nc(NC(CC)S(=O)(=O)O)c(N=Nc2nc3ccc(S(=O)(=O)O)cc3s2)c(C)c1C#N)S(=O)(=O)O. The van der Waals surface area contributed by atoms with Crippen molar-refractivity contribution in [2.45, 2.75) is 49.3 Å². The fourth-order valence-electron chi connectivity index (χ4n) is 3.43. The molecule has 216 valence electrons. The Bertz CT molecular complexity index is 1850. The number of aromatic nitrogens is 2. The van der Waals surface area contributed by atoms with Gasteiger partial charge in [0.25, 0.3) is 30.4 Å². The highest BCUT2D eigenvalue weighted by Gasteiger charge is 2.28. The van der Waals surface area contributed by atoms with Gasteiger partial charge in [-0.3, -0.25) is 13.7 Å². The monoisotopic (exact) mass is 633 g/mol. The van der Waals surface area contributed by atoms with E-state index in [1.54, 1.807) is 0 Å². The number of nitriles is 1. The van der Waals surface area contributed by atoms with Crippen molar-refractivity contribution in [2.24, 2.45) is 10.2 Å². The molecule has 16 nitrogen and oxygen atoms in total. The lowest BCUT2D eigenvalue weighted by Gasteiger charge is -2.21. The first-order chi connectivity index (χ1) is 18.5. The van der Waals surface area contributed by atoms with Crippen LogP contribution in [0.2, 0.25) is 0 Å². The minimum Gasteiger partial charge on any atom is -0.351 e. The molecule has 5 N–H and O–H groups in total. The summed E-state index contributed by atoms with van der Waals surface area (Å²) in [5.74, 6) is -0.610. The van der Waals surface area contributed by atoms with E-state index in [0.29, 0.717) is 10.2 Å². The molecule has 0 amide bonds. The Kier molecular flexibility index (Phi) is 9.09. The summed E-state index contributed by atoms with van der Waals surface area (Å²) in [5.41, 5.74) is 0.0760. The third kappa shape index (κ3) is 7.05. The molecule has 0 aliphatic heterocycles. The van der Waals surface area contributed by atoms with Gasteiger partial charge in [-0.15, -0.1) is 10.2 Å². The molecule has 0 aliphatic rings. The summed E-state index contributed by atoms with van der Waals surface area (Å²) < 4.78 is 98.8. The molecule has 2 atom stereocenters. The average molecular weight is 634 g/mol. The summed E-state index contributed by atoms with van der Waals surface area (Å²) in [6.45, 7) is 4.31. The van der Waals surface area contributed by atoms with E-state index in [0.717, 1.165) is 17.4 Å². The lowest BCUT2D eigenvalue weighted by molar-refractivity contribution is 0.468. The van der Waals surface area contributed by atoms with Crippen molar-refractivity contribution in [1.82, 2.24) is 9.97 Å². The number of hydrogen-bond acceptors (Lipinski definition) is 14. The van der Waals surface area contributed by atoms with Gasteiger partial charge in [0.1, 0.15) is 17.6 Å². The van der Waals surface area contributed by atoms with E-state index in [4.69, 9.17) is 0 Å². The molecule has 3 aromatic rings. The van der Waals surface area contributed by atoms with E-state index in [1.165, 1.54) is 32.9 Å². The van der Waals surface area contributed by atoms with Crippen LogP contribution in [0.5, 0.6) is 0 Å². The second-order valence-electron chi connectivity index (χ2n) is 8.18. The molecular weight excluding hydrogens is 611 g/mol. The van der Waals surface area contributed by atoms with Crippen molar-refractivity contribution in [2.75, 3.05) is 10.6 Å². The number of fused-ring (bicyclic) bond motifs is 1. The van der Waals surface area contributed by atoms with E-state index in [1.807, 2.05) is 6.07 Å². The molecule has 0 spiro atoms. The first-order valence-corrected chi connectivity index (χ1v) is 16.5. The third-order valence-corrected chi connectivity index (χ3v) is 9.56. The number of nitrogens with one attached hydrogen (secondary N) is 2. The zero-order chi connectivity index (χ0) is 30.0. The van der Waals surface area contributed by atoms with Crippen molar-refractivity contribution in [3.8, 4) is 6.07 Å². The van der Waals surface area contributed by atoms with Gasteiger partial charge in [0.2, 0.25) is 5.13 Å². The maximum atomic E-state index is 11.9. The molecular formula is C20H23N7O9S4. The maximum Gasteiger partial charge on any atom is 0.294 e. The van der Waals surface area contributed by atoms with Gasteiger partial charge in [0, 0.05) is 5.56 Å². The van der Waals surface area contributed by atoms with Crippen LogP contribution in [-0.2, 0) is 30.4 Å². The summed E-state index contributed by atoms with van der Waals surface area (Å²) in [6.07, 6.45) is -0.246. The van der Waals surface area contributed by atoms with Gasteiger partial charge < -0.3 is 10.6 Å². The van der Waals surface area contributed by atoms with Crippen LogP contribution in [0.4, 0.5) is 22.5 Å². The van der Waals surface area contributed by atoms with E-state index < -0.39 is 41.1 Å². The van der Waals surface area contributed by atoms with Gasteiger partial charge in [-0.05, 0) is 38.0 Å². The number of thiazole rings is 1. The van der Waals surface area contributed by atoms with Crippen molar-refractivity contribution in [3.05, 3.63) is 29.3 Å². The number of azo groups is 1. The Morgan fingerprint density at radius 3 is 2.02 bits per heavy atom. The van der Waals surface area contributed by atoms with Crippen molar-refractivity contribution in [3.63, 3.8) is 0 Å². The minimum absolute atomic E-state index is 0.0211. The Balaban J connectivity index is 2.18. The van der Waals surface area contributed by atoms with Crippen LogP contribution in [0.3, 0.4) is 0 Å². The number of hydrogen-bond donors (Lipinski definition) is 5. The Hall–Kier alpha value is -3.32. The molecule has 2 heterocycles. The van der Waals surface area contributed by atoms with Gasteiger partial charge in [-0.2, -0.15) is 30.5 Å². The summed E-state index contributed by atoms with van der Waals surface area (Å²) in [4.78, 5) is 7.98. The first kappa shape index (κ1) is 31.2. The molecule has 0 bridgehead atoms. The first-order valence-electron chi connectivity index (χ1n) is 11.2. The normalized spacial score (nSPS) is 14.2. The molecule has 0 saturated heterocycles. The van der Waals surface area contributed by atoms with Gasteiger partial charge in [0.15, 0.2) is 16.6 Å². The van der Waals surface area contributed by atoms with Crippen LogP contribution < -0.4 is 10.6 Å². The van der Waals surface area contributed by atoms with Crippen molar-refractivity contribution in [1.29, 1.82) is 5.26 Å². The second kappa shape index (κ2) is 11.7. The Morgan fingerprint density at radius 2 is 1.52 bits per heavy atom. The van der Waals surface area contributed by atoms with Gasteiger partial charge in [0.05, 0.1) is 20.7 Å². The van der Waals surface area contributed by atoms with E-state index in [9.17, 15) is 44.2 Å². The Labute approximate surface area is 233 Å². The van der Waals surface area contributed by atoms with Crippen LogP contribution in [0.1, 0.15) is 37.8 Å². The van der Waals surface area contributed by atoms with Gasteiger partial charge in [-0.1, -0.05) is 25.2 Å². The highest BCUT2D eigenvalue weighted by molar-refractivity contribution is 7.86. The molecule has 2 unspecified atom stereocenters. The van der Waals surface area contributed by atoms with E-state index in [2.05, 4.69) is 30.8 Å². The predicted octanol–water partition coefficient (Wildman–Crippen LogP) is 3.61. The third-order valence-electron chi connectivity index (χ3n) is 5.46. The number of rotatable bonds is 11. The number of pyridine rings is 1. The molecule has 0 radical (unpaired) electrons. The molecule has 40 heavy (non-hydrogen) atoms. The largest absolute Gasteiger partial charge is 0.351 e. The van der Waals surface area contributed by atoms with Crippen molar-refractivity contribution >= 4 is 74.4 Å². The highest BCUT2D eigenvalue weighted by atomic mass is 32.2. The standard InChI is InChI=1S/C20H23N7O9S4/c1-4-15(39(31,32)33)23-18-12(9-21)10(3)17(19(25-18)24-16(5-2)40(34,35)36)26-27-20-22-13-7-6-11(38(28,29)30)8-14(13)37-20/h6-8,15-16H,4-5H2,1-3H3,(H2,23,24,25)(H,28,29,30)(H,31,32,33)(H,34,35,36). The lowest BCUT2D eigenvalue weighted by atomic mass is 10.1. The maximum absolute atomic E-state index is 11.9. The number of anilines is 2. The zero-order valence-electron chi connectivity index (χ0n) is 21.0. The molecule has 1 aromatic carbocycles. The van der Waals surface area contributed by atoms with E-state index in [-0.39, 0.29) is 51.3 Å². The predicted molar refractivity (Wildman–Crippen MR) is 146 cm³/mol. The minimum atomic E-state index is -4.65. The molecule has 2 aromatic heterocycles. The highest BCUT2D eigenvalue weighted by Crippen LogP contribution is 2.37. The average Bonchev–Trinajstić information content (AvgIpc) is 3.25. The molecule has 3 rings (SSSR count). The van der Waals surface area contributed by atoms with Crippen LogP contribution >= 0.6 is 11.3 Å². The smallest absolute Gasteiger partial charge is 0.294 e. The molecule has 0 aliphatic carbocycles. The Morgan fingerprint density at radius 1 is 0.950 bits per heavy atom. The van der Waals surface area contributed by atoms with Crippen LogP contribution in [0.25, 0.3) is 10.2 Å². The molecule has 0 saturated carbocycles. The number of nitrogens with zero attached hydrogens (tertiary/aromatic N) is 5. The number of benzene rings is 1. The topological polar surface area (TPSA) is 261 Å². The fraction of sp³-hybridized carbons (Fsp3) is 0.350. The van der Waals surface area contributed by atoms with Gasteiger partial charge >= 0.3 is 0 Å². The van der Waals surface area contributed by atoms with Crippen molar-refractivity contribution < 1.29 is 38.9 Å². The van der Waals surface area contributed by atoms with Crippen LogP contribution in [0, 0.1) is 18.3 Å². The zero-order valence-corrected chi connectivity index (χ0v) is 24.2. The van der Waals surface area contributed by atoms with E-state index >= 15 is 0 Å². The summed E-state index contributed by atoms with van der Waals surface area (Å²) in [6, 6.07) is 5.54. The molecule has 0 fully saturated rings. The van der Waals surface area contributed by atoms with Gasteiger partial charge in [-0.25, -0.2) is 9.97 Å². The quantitative estimate of drug-likeness (QED) is 0.149. The summed E-state index contributed by atoms with van der Waals surface area (Å²) >= 11 is 0.913. The summed E-state index contributed by atoms with van der Waals surface area (Å²) in [7, 11) is -13.7. The van der Waals surface area contributed by atoms with Crippen LogP contribution in [0.15, 0.2) is 33.3 Å².